The molecule has 1 aliphatic heterocycles. The summed E-state index contributed by atoms with van der Waals surface area (Å²) in [6.45, 7) is 3.07. The molecule has 26 heavy (non-hydrogen) atoms. The van der Waals surface area contributed by atoms with Crippen molar-refractivity contribution in [2.75, 3.05) is 43.6 Å². The van der Waals surface area contributed by atoms with Gasteiger partial charge in [0.25, 0.3) is 0 Å². The van der Waals surface area contributed by atoms with Crippen molar-refractivity contribution in [1.29, 1.82) is 0 Å². The number of carbonyl (C=O) groups is 1. The second-order valence-electron chi connectivity index (χ2n) is 5.72. The number of anilines is 2. The van der Waals surface area contributed by atoms with E-state index in [1.165, 1.54) is 6.08 Å². The molecule has 1 fully saturated rings. The van der Waals surface area contributed by atoms with E-state index in [0.717, 1.165) is 24.5 Å². The lowest BCUT2D eigenvalue weighted by Crippen LogP contribution is -2.36. The first kappa shape index (κ1) is 18.2. The Balaban J connectivity index is 1.58. The number of methoxy groups -OCH3 is 1. The van der Waals surface area contributed by atoms with E-state index in [9.17, 15) is 4.79 Å². The minimum absolute atomic E-state index is 0.238. The Kier molecular flexibility index (Phi) is 6.09. The van der Waals surface area contributed by atoms with Gasteiger partial charge in [-0.05, 0) is 35.9 Å². The van der Waals surface area contributed by atoms with E-state index in [1.807, 2.05) is 18.2 Å². The van der Waals surface area contributed by atoms with Crippen LogP contribution >= 0.6 is 11.6 Å². The smallest absolute Gasteiger partial charge is 0.248 e. The molecule has 1 aliphatic rings. The molecule has 1 N–H and O–H groups in total. The van der Waals surface area contributed by atoms with E-state index in [2.05, 4.69) is 15.2 Å². The van der Waals surface area contributed by atoms with Gasteiger partial charge in [0, 0.05) is 19.2 Å². The van der Waals surface area contributed by atoms with Crippen molar-refractivity contribution in [3.05, 3.63) is 53.2 Å². The first-order valence-electron chi connectivity index (χ1n) is 8.27. The molecule has 0 saturated carbocycles. The zero-order valence-electron chi connectivity index (χ0n) is 14.4. The number of rotatable bonds is 5. The van der Waals surface area contributed by atoms with Crippen LogP contribution in [0.4, 0.5) is 11.5 Å². The van der Waals surface area contributed by atoms with Gasteiger partial charge in [0.2, 0.25) is 5.91 Å². The van der Waals surface area contributed by atoms with Crippen LogP contribution in [0.15, 0.2) is 42.6 Å². The van der Waals surface area contributed by atoms with Gasteiger partial charge in [-0.25, -0.2) is 4.98 Å². The quantitative estimate of drug-likeness (QED) is 0.815. The lowest BCUT2D eigenvalue weighted by Gasteiger charge is -2.27. The maximum Gasteiger partial charge on any atom is 0.248 e. The molecule has 1 saturated heterocycles. The summed E-state index contributed by atoms with van der Waals surface area (Å²) in [4.78, 5) is 18.6. The Morgan fingerprint density at radius 2 is 2.12 bits per heavy atom. The first-order valence-corrected chi connectivity index (χ1v) is 8.65. The highest BCUT2D eigenvalue weighted by atomic mass is 35.5. The van der Waals surface area contributed by atoms with E-state index in [1.54, 1.807) is 31.5 Å². The molecule has 6 nitrogen and oxygen atoms in total. The second kappa shape index (κ2) is 8.69. The molecule has 1 aromatic carbocycles. The molecule has 0 bridgehead atoms. The normalized spacial score (nSPS) is 14.5. The van der Waals surface area contributed by atoms with E-state index in [0.29, 0.717) is 29.7 Å². The standard InChI is InChI=1S/C19H20ClN3O3/c1-25-17-5-2-14(12-16(17)20)3-7-19(24)22-15-4-6-18(21-13-15)23-8-10-26-11-9-23/h2-7,12-13H,8-11H2,1H3,(H,22,24)/b7-3+. The van der Waals surface area contributed by atoms with Crippen LogP contribution in [0.25, 0.3) is 6.08 Å². The fourth-order valence-corrected chi connectivity index (χ4v) is 2.85. The molecule has 0 radical (unpaired) electrons. The molecular weight excluding hydrogens is 354 g/mol. The van der Waals surface area contributed by atoms with Gasteiger partial charge in [-0.15, -0.1) is 0 Å². The highest BCUT2D eigenvalue weighted by Crippen LogP contribution is 2.25. The number of benzene rings is 1. The number of nitrogens with zero attached hydrogens (tertiary/aromatic N) is 2. The molecule has 7 heteroatoms. The van der Waals surface area contributed by atoms with Crippen LogP contribution in [-0.4, -0.2) is 44.3 Å². The van der Waals surface area contributed by atoms with Crippen LogP contribution in [0, 0.1) is 0 Å². The molecule has 2 aromatic rings. The monoisotopic (exact) mass is 373 g/mol. The number of ether oxygens (including phenoxy) is 2. The van der Waals surface area contributed by atoms with E-state index in [4.69, 9.17) is 21.1 Å². The summed E-state index contributed by atoms with van der Waals surface area (Å²) in [5.74, 6) is 1.24. The predicted octanol–water partition coefficient (Wildman–Crippen LogP) is 3.23. The van der Waals surface area contributed by atoms with Crippen LogP contribution < -0.4 is 15.0 Å². The topological polar surface area (TPSA) is 63.7 Å². The van der Waals surface area contributed by atoms with Crippen molar-refractivity contribution < 1.29 is 14.3 Å². The van der Waals surface area contributed by atoms with Gasteiger partial charge < -0.3 is 19.7 Å². The lowest BCUT2D eigenvalue weighted by atomic mass is 10.2. The number of carbonyl (C=O) groups excluding carboxylic acids is 1. The van der Waals surface area contributed by atoms with Crippen LogP contribution in [0.3, 0.4) is 0 Å². The second-order valence-corrected chi connectivity index (χ2v) is 6.13. The van der Waals surface area contributed by atoms with Crippen molar-refractivity contribution in [3.63, 3.8) is 0 Å². The van der Waals surface area contributed by atoms with Gasteiger partial charge in [-0.2, -0.15) is 0 Å². The van der Waals surface area contributed by atoms with Crippen molar-refractivity contribution in [1.82, 2.24) is 4.98 Å². The highest BCUT2D eigenvalue weighted by molar-refractivity contribution is 6.32. The molecule has 2 heterocycles. The maximum atomic E-state index is 12.1. The summed E-state index contributed by atoms with van der Waals surface area (Å²) < 4.78 is 10.4. The Morgan fingerprint density at radius 3 is 2.77 bits per heavy atom. The van der Waals surface area contributed by atoms with Gasteiger partial charge in [-0.3, -0.25) is 4.79 Å². The number of morpholine rings is 1. The summed E-state index contributed by atoms with van der Waals surface area (Å²) in [5.41, 5.74) is 1.45. The molecule has 1 amide bonds. The van der Waals surface area contributed by atoms with Crippen LogP contribution in [0.2, 0.25) is 5.02 Å². The Morgan fingerprint density at radius 1 is 1.31 bits per heavy atom. The van der Waals surface area contributed by atoms with Crippen molar-refractivity contribution in [3.8, 4) is 5.75 Å². The third kappa shape index (κ3) is 4.74. The van der Waals surface area contributed by atoms with Crippen LogP contribution in [0.5, 0.6) is 5.75 Å². The fraction of sp³-hybridized carbons (Fsp3) is 0.263. The SMILES string of the molecule is COc1ccc(/C=C/C(=O)Nc2ccc(N3CCOCC3)nc2)cc1Cl. The maximum absolute atomic E-state index is 12.1. The zero-order valence-corrected chi connectivity index (χ0v) is 15.2. The Hall–Kier alpha value is -2.57. The lowest BCUT2D eigenvalue weighted by molar-refractivity contribution is -0.111. The largest absolute Gasteiger partial charge is 0.495 e. The average Bonchev–Trinajstić information content (AvgIpc) is 2.68. The van der Waals surface area contributed by atoms with Crippen molar-refractivity contribution in [2.24, 2.45) is 0 Å². The molecular formula is C19H20ClN3O3. The minimum atomic E-state index is -0.238. The molecule has 3 rings (SSSR count). The van der Waals surface area contributed by atoms with Crippen molar-refractivity contribution >= 4 is 35.1 Å². The van der Waals surface area contributed by atoms with Gasteiger partial charge in [0.05, 0.1) is 37.2 Å². The molecule has 0 atom stereocenters. The summed E-state index contributed by atoms with van der Waals surface area (Å²) in [6, 6.07) is 9.06. The molecule has 0 spiro atoms. The third-order valence-electron chi connectivity index (χ3n) is 3.95. The van der Waals surface area contributed by atoms with Gasteiger partial charge in [-0.1, -0.05) is 17.7 Å². The number of hydrogen-bond donors (Lipinski definition) is 1. The van der Waals surface area contributed by atoms with Crippen LogP contribution in [0.1, 0.15) is 5.56 Å². The van der Waals surface area contributed by atoms with Gasteiger partial charge >= 0.3 is 0 Å². The van der Waals surface area contributed by atoms with Crippen LogP contribution in [-0.2, 0) is 9.53 Å². The Bertz CT molecular complexity index is 787. The summed E-state index contributed by atoms with van der Waals surface area (Å²) in [5, 5.41) is 3.29. The fourth-order valence-electron chi connectivity index (χ4n) is 2.58. The highest BCUT2D eigenvalue weighted by Gasteiger charge is 2.12. The predicted molar refractivity (Wildman–Crippen MR) is 103 cm³/mol. The summed E-state index contributed by atoms with van der Waals surface area (Å²) in [6.07, 6.45) is 4.80. The number of nitrogens with one attached hydrogen (secondary N) is 1. The summed E-state index contributed by atoms with van der Waals surface area (Å²) >= 11 is 6.07. The number of pyridine rings is 1. The van der Waals surface area contributed by atoms with E-state index in [-0.39, 0.29) is 5.91 Å². The number of aromatic nitrogens is 1. The summed E-state index contributed by atoms with van der Waals surface area (Å²) in [7, 11) is 1.56. The Labute approximate surface area is 157 Å². The van der Waals surface area contributed by atoms with Gasteiger partial charge in [0.15, 0.2) is 0 Å². The zero-order chi connectivity index (χ0) is 18.4. The van der Waals surface area contributed by atoms with Gasteiger partial charge in [0.1, 0.15) is 11.6 Å². The minimum Gasteiger partial charge on any atom is -0.495 e. The number of halogens is 1. The average molecular weight is 374 g/mol. The molecule has 0 aliphatic carbocycles. The molecule has 1 aromatic heterocycles. The number of hydrogen-bond acceptors (Lipinski definition) is 5. The third-order valence-corrected chi connectivity index (χ3v) is 4.25. The van der Waals surface area contributed by atoms with E-state index >= 15 is 0 Å². The van der Waals surface area contributed by atoms with E-state index < -0.39 is 0 Å². The number of amides is 1. The van der Waals surface area contributed by atoms with Crippen molar-refractivity contribution in [2.45, 2.75) is 0 Å². The molecule has 0 unspecified atom stereocenters. The molecule has 136 valence electrons. The first-order chi connectivity index (χ1) is 12.7.